The van der Waals surface area contributed by atoms with Gasteiger partial charge in [-0.25, -0.2) is 4.39 Å². The van der Waals surface area contributed by atoms with Gasteiger partial charge in [0.1, 0.15) is 11.9 Å². The van der Waals surface area contributed by atoms with Crippen LogP contribution in [0, 0.1) is 18.7 Å². The van der Waals surface area contributed by atoms with E-state index >= 15 is 0 Å². The SMILES string of the molecule is Cc1ccc(C(=O)NC(CC(C)C)C(=O)N(C)C)cc1F. The van der Waals surface area contributed by atoms with Gasteiger partial charge in [0.05, 0.1) is 0 Å². The van der Waals surface area contributed by atoms with Crippen molar-refractivity contribution in [2.75, 3.05) is 14.1 Å². The molecule has 21 heavy (non-hydrogen) atoms. The van der Waals surface area contributed by atoms with E-state index in [0.717, 1.165) is 0 Å². The highest BCUT2D eigenvalue weighted by Crippen LogP contribution is 2.11. The van der Waals surface area contributed by atoms with E-state index < -0.39 is 17.8 Å². The predicted octanol–water partition coefficient (Wildman–Crippen LogP) is 2.37. The molecule has 1 rings (SSSR count). The van der Waals surface area contributed by atoms with Gasteiger partial charge in [-0.15, -0.1) is 0 Å². The maximum absolute atomic E-state index is 13.5. The average molecular weight is 294 g/mol. The second-order valence-corrected chi connectivity index (χ2v) is 5.85. The minimum Gasteiger partial charge on any atom is -0.347 e. The molecule has 1 aromatic rings. The van der Waals surface area contributed by atoms with E-state index in [1.54, 1.807) is 33.2 Å². The molecule has 0 aliphatic carbocycles. The van der Waals surface area contributed by atoms with Gasteiger partial charge in [-0.05, 0) is 37.0 Å². The van der Waals surface area contributed by atoms with Crippen LogP contribution in [0.5, 0.6) is 0 Å². The fraction of sp³-hybridized carbons (Fsp3) is 0.500. The van der Waals surface area contributed by atoms with Crippen LogP contribution in [0.4, 0.5) is 4.39 Å². The van der Waals surface area contributed by atoms with Gasteiger partial charge in [0.25, 0.3) is 5.91 Å². The highest BCUT2D eigenvalue weighted by Gasteiger charge is 2.24. The van der Waals surface area contributed by atoms with Crippen molar-refractivity contribution < 1.29 is 14.0 Å². The number of rotatable bonds is 5. The lowest BCUT2D eigenvalue weighted by molar-refractivity contribution is -0.131. The Kier molecular flexibility index (Phi) is 5.88. The van der Waals surface area contributed by atoms with Gasteiger partial charge in [0.15, 0.2) is 0 Å². The van der Waals surface area contributed by atoms with Crippen molar-refractivity contribution >= 4 is 11.8 Å². The van der Waals surface area contributed by atoms with Crippen molar-refractivity contribution in [3.63, 3.8) is 0 Å². The van der Waals surface area contributed by atoms with Crippen molar-refractivity contribution in [2.45, 2.75) is 33.2 Å². The topological polar surface area (TPSA) is 49.4 Å². The van der Waals surface area contributed by atoms with Gasteiger partial charge in [0.2, 0.25) is 5.91 Å². The van der Waals surface area contributed by atoms with E-state index in [1.807, 2.05) is 13.8 Å². The zero-order valence-corrected chi connectivity index (χ0v) is 13.2. The number of likely N-dealkylation sites (N-methyl/N-ethyl adjacent to an activating group) is 1. The van der Waals surface area contributed by atoms with Crippen molar-refractivity contribution in [1.82, 2.24) is 10.2 Å². The summed E-state index contributed by atoms with van der Waals surface area (Å²) in [6, 6.07) is 3.70. The molecule has 0 aromatic heterocycles. The number of carbonyl (C=O) groups is 2. The van der Waals surface area contributed by atoms with Crippen LogP contribution in [0.3, 0.4) is 0 Å². The van der Waals surface area contributed by atoms with E-state index in [-0.39, 0.29) is 17.4 Å². The summed E-state index contributed by atoms with van der Waals surface area (Å²) in [6.07, 6.45) is 0.539. The smallest absolute Gasteiger partial charge is 0.252 e. The van der Waals surface area contributed by atoms with Gasteiger partial charge >= 0.3 is 0 Å². The highest BCUT2D eigenvalue weighted by molar-refractivity contribution is 5.97. The maximum Gasteiger partial charge on any atom is 0.252 e. The number of halogens is 1. The molecule has 0 fully saturated rings. The lowest BCUT2D eigenvalue weighted by Crippen LogP contribution is -2.46. The summed E-state index contributed by atoms with van der Waals surface area (Å²) in [5.74, 6) is -0.768. The summed E-state index contributed by atoms with van der Waals surface area (Å²) in [5, 5.41) is 2.70. The predicted molar refractivity (Wildman–Crippen MR) is 80.5 cm³/mol. The normalized spacial score (nSPS) is 12.1. The molecule has 1 unspecified atom stereocenters. The maximum atomic E-state index is 13.5. The molecule has 1 atom stereocenters. The van der Waals surface area contributed by atoms with Crippen LogP contribution in [0.25, 0.3) is 0 Å². The Morgan fingerprint density at radius 3 is 2.38 bits per heavy atom. The first-order chi connectivity index (χ1) is 9.72. The van der Waals surface area contributed by atoms with Gasteiger partial charge in [0, 0.05) is 19.7 Å². The molecule has 0 spiro atoms. The summed E-state index contributed by atoms with van der Waals surface area (Å²) in [6.45, 7) is 5.59. The van der Waals surface area contributed by atoms with Crippen LogP contribution >= 0.6 is 0 Å². The summed E-state index contributed by atoms with van der Waals surface area (Å²) < 4.78 is 13.5. The Morgan fingerprint density at radius 2 is 1.90 bits per heavy atom. The standard InChI is InChI=1S/C16H23FN2O2/c1-10(2)8-14(16(21)19(4)5)18-15(20)12-7-6-11(3)13(17)9-12/h6-7,9-10,14H,8H2,1-5H3,(H,18,20). The zero-order valence-electron chi connectivity index (χ0n) is 13.2. The van der Waals surface area contributed by atoms with Crippen molar-refractivity contribution in [3.05, 3.63) is 35.1 Å². The number of hydrogen-bond acceptors (Lipinski definition) is 2. The molecule has 2 amide bonds. The van der Waals surface area contributed by atoms with Gasteiger partial charge in [-0.3, -0.25) is 9.59 Å². The molecular weight excluding hydrogens is 271 g/mol. The molecule has 116 valence electrons. The van der Waals surface area contributed by atoms with E-state index in [4.69, 9.17) is 0 Å². The fourth-order valence-corrected chi connectivity index (χ4v) is 1.98. The number of hydrogen-bond donors (Lipinski definition) is 1. The second-order valence-electron chi connectivity index (χ2n) is 5.85. The van der Waals surface area contributed by atoms with Crippen molar-refractivity contribution in [3.8, 4) is 0 Å². The molecular formula is C16H23FN2O2. The first-order valence-corrected chi connectivity index (χ1v) is 7.00. The third kappa shape index (κ3) is 4.85. The third-order valence-corrected chi connectivity index (χ3v) is 3.19. The Balaban J connectivity index is 2.89. The van der Waals surface area contributed by atoms with Crippen LogP contribution in [0.1, 0.15) is 36.2 Å². The quantitative estimate of drug-likeness (QED) is 0.906. The monoisotopic (exact) mass is 294 g/mol. The molecule has 0 radical (unpaired) electrons. The van der Waals surface area contributed by atoms with Gasteiger partial charge in [-0.2, -0.15) is 0 Å². The lowest BCUT2D eigenvalue weighted by atomic mass is 10.0. The van der Waals surface area contributed by atoms with Crippen LogP contribution in [0.15, 0.2) is 18.2 Å². The summed E-state index contributed by atoms with van der Waals surface area (Å²) in [4.78, 5) is 25.7. The minimum atomic E-state index is -0.600. The summed E-state index contributed by atoms with van der Waals surface area (Å²) in [7, 11) is 3.29. The van der Waals surface area contributed by atoms with Gasteiger partial charge in [-0.1, -0.05) is 19.9 Å². The highest BCUT2D eigenvalue weighted by atomic mass is 19.1. The zero-order chi connectivity index (χ0) is 16.2. The van der Waals surface area contributed by atoms with Crippen LogP contribution in [-0.2, 0) is 4.79 Å². The molecule has 0 aliphatic heterocycles. The number of nitrogens with zero attached hydrogens (tertiary/aromatic N) is 1. The van der Waals surface area contributed by atoms with E-state index in [2.05, 4.69) is 5.32 Å². The Bertz CT molecular complexity index is 527. The number of aryl methyl sites for hydroxylation is 1. The largest absolute Gasteiger partial charge is 0.347 e. The molecule has 0 heterocycles. The van der Waals surface area contributed by atoms with Gasteiger partial charge < -0.3 is 10.2 Å². The average Bonchev–Trinajstić information content (AvgIpc) is 2.39. The number of benzene rings is 1. The van der Waals surface area contributed by atoms with Crippen LogP contribution < -0.4 is 5.32 Å². The Hall–Kier alpha value is -1.91. The number of carbonyl (C=O) groups excluding carboxylic acids is 2. The lowest BCUT2D eigenvalue weighted by Gasteiger charge is -2.23. The van der Waals surface area contributed by atoms with E-state index in [0.29, 0.717) is 12.0 Å². The molecule has 5 heteroatoms. The fourth-order valence-electron chi connectivity index (χ4n) is 1.98. The first kappa shape index (κ1) is 17.1. The number of nitrogens with one attached hydrogen (secondary N) is 1. The number of amides is 2. The Morgan fingerprint density at radius 1 is 1.29 bits per heavy atom. The second kappa shape index (κ2) is 7.20. The third-order valence-electron chi connectivity index (χ3n) is 3.19. The van der Waals surface area contributed by atoms with Crippen LogP contribution in [0.2, 0.25) is 0 Å². The van der Waals surface area contributed by atoms with E-state index in [1.165, 1.54) is 11.0 Å². The van der Waals surface area contributed by atoms with Crippen LogP contribution in [-0.4, -0.2) is 36.9 Å². The molecule has 1 N–H and O–H groups in total. The Labute approximate surface area is 125 Å². The van der Waals surface area contributed by atoms with Crippen molar-refractivity contribution in [1.29, 1.82) is 0 Å². The first-order valence-electron chi connectivity index (χ1n) is 7.00. The molecule has 0 saturated carbocycles. The minimum absolute atomic E-state index is 0.162. The molecule has 1 aromatic carbocycles. The molecule has 0 bridgehead atoms. The molecule has 0 aliphatic rings. The summed E-state index contributed by atoms with van der Waals surface area (Å²) >= 11 is 0. The van der Waals surface area contributed by atoms with E-state index in [9.17, 15) is 14.0 Å². The molecule has 4 nitrogen and oxygen atoms in total. The van der Waals surface area contributed by atoms with Crippen molar-refractivity contribution in [2.24, 2.45) is 5.92 Å². The summed E-state index contributed by atoms with van der Waals surface area (Å²) in [5.41, 5.74) is 0.702. The molecule has 0 saturated heterocycles.